The molecule has 1 heterocycles. The maximum atomic E-state index is 11.7. The van der Waals surface area contributed by atoms with E-state index in [9.17, 15) is 13.8 Å². The van der Waals surface area contributed by atoms with Crippen molar-refractivity contribution in [1.29, 1.82) is 0 Å². The van der Waals surface area contributed by atoms with Gasteiger partial charge in [0.2, 0.25) is 11.0 Å². The molecule has 3 rings (SSSR count). The van der Waals surface area contributed by atoms with E-state index >= 15 is 0 Å². The standard InChI is InChI=1S/C16H13NO3.FHO3S/c1-17-13-6-4-3-5-11(13)15(16(18)19)12-8-7-10(20-2)9-14(12)17;1-5(2,3)4/h3-9H,1-2H3;(H,2,3,4). The Kier molecular flexibility index (Phi) is 5.19. The van der Waals surface area contributed by atoms with Crippen molar-refractivity contribution >= 4 is 38.3 Å². The van der Waals surface area contributed by atoms with Crippen LogP contribution in [0.2, 0.25) is 0 Å². The van der Waals surface area contributed by atoms with Crippen LogP contribution >= 0.6 is 0 Å². The first-order valence-electron chi connectivity index (χ1n) is 6.90. The molecule has 0 amide bonds. The molecule has 0 saturated heterocycles. The summed E-state index contributed by atoms with van der Waals surface area (Å²) in [4.78, 5) is 11.7. The quantitative estimate of drug-likeness (QED) is 0.321. The molecular formula is C16H14FNO6S. The number of rotatable bonds is 2. The predicted octanol–water partition coefficient (Wildman–Crippen LogP) is 1.94. The van der Waals surface area contributed by atoms with Crippen molar-refractivity contribution in [2.45, 2.75) is 0 Å². The van der Waals surface area contributed by atoms with Crippen LogP contribution in [0.5, 0.6) is 5.75 Å². The lowest BCUT2D eigenvalue weighted by molar-refractivity contribution is -0.617. The number of benzene rings is 2. The predicted molar refractivity (Wildman–Crippen MR) is 86.9 cm³/mol. The summed E-state index contributed by atoms with van der Waals surface area (Å²) in [6, 6.07) is 12.9. The summed E-state index contributed by atoms with van der Waals surface area (Å²) in [6.07, 6.45) is 0. The van der Waals surface area contributed by atoms with Crippen LogP contribution in [0.15, 0.2) is 42.5 Å². The molecule has 0 aliphatic carbocycles. The Balaban J connectivity index is 0.000000399. The Hall–Kier alpha value is -2.78. The number of carbonyl (C=O) groups is 1. The fourth-order valence-electron chi connectivity index (χ4n) is 2.61. The number of nitrogens with zero attached hydrogens (tertiary/aromatic N) is 1. The number of hydrogen-bond donors (Lipinski definition) is 1. The lowest BCUT2D eigenvalue weighted by Gasteiger charge is -2.08. The highest BCUT2D eigenvalue weighted by Crippen LogP contribution is 2.27. The van der Waals surface area contributed by atoms with Crippen LogP contribution in [-0.2, 0) is 17.6 Å². The van der Waals surface area contributed by atoms with E-state index in [2.05, 4.69) is 0 Å². The van der Waals surface area contributed by atoms with Gasteiger partial charge in [0.25, 0.3) is 10.5 Å². The molecule has 0 aliphatic heterocycles. The second-order valence-electron chi connectivity index (χ2n) is 5.03. The van der Waals surface area contributed by atoms with Gasteiger partial charge in [-0.3, -0.25) is 0 Å². The Morgan fingerprint density at radius 2 is 1.72 bits per heavy atom. The largest absolute Gasteiger partial charge is 0.722 e. The monoisotopic (exact) mass is 367 g/mol. The average molecular weight is 367 g/mol. The molecule has 3 aromatic rings. The molecule has 132 valence electrons. The van der Waals surface area contributed by atoms with Crippen LogP contribution in [0.1, 0.15) is 10.4 Å². The van der Waals surface area contributed by atoms with Gasteiger partial charge in [0.15, 0.2) is 0 Å². The second kappa shape index (κ2) is 6.99. The molecule has 0 aliphatic rings. The minimum Gasteiger partial charge on any atom is -0.722 e. The third kappa shape index (κ3) is 4.20. The fourth-order valence-corrected chi connectivity index (χ4v) is 2.61. The van der Waals surface area contributed by atoms with Crippen molar-refractivity contribution < 1.29 is 36.1 Å². The summed E-state index contributed by atoms with van der Waals surface area (Å²) in [6.45, 7) is 0. The van der Waals surface area contributed by atoms with Gasteiger partial charge in [-0.15, -0.1) is 3.89 Å². The highest BCUT2D eigenvalue weighted by atomic mass is 32.3. The number of aromatic carboxylic acids is 1. The number of aromatic nitrogens is 1. The van der Waals surface area contributed by atoms with Crippen molar-refractivity contribution in [2.75, 3.05) is 7.11 Å². The molecule has 0 unspecified atom stereocenters. The number of pyridine rings is 1. The maximum Gasteiger partial charge on any atom is 0.337 e. The third-order valence-corrected chi connectivity index (χ3v) is 3.58. The van der Waals surface area contributed by atoms with Crippen LogP contribution in [0.4, 0.5) is 3.89 Å². The summed E-state index contributed by atoms with van der Waals surface area (Å²) < 4.78 is 42.5. The molecule has 0 spiro atoms. The third-order valence-electron chi connectivity index (χ3n) is 3.58. The topological polar surface area (TPSA) is 108 Å². The fraction of sp³-hybridized carbons (Fsp3) is 0.125. The lowest BCUT2D eigenvalue weighted by Crippen LogP contribution is -2.31. The molecule has 0 fully saturated rings. The number of para-hydroxylation sites is 1. The number of halogens is 1. The Morgan fingerprint density at radius 1 is 1.16 bits per heavy atom. The number of aryl methyl sites for hydroxylation is 1. The van der Waals surface area contributed by atoms with Gasteiger partial charge in [-0.1, -0.05) is 12.1 Å². The second-order valence-corrected chi connectivity index (χ2v) is 5.82. The molecule has 0 bridgehead atoms. The van der Waals surface area contributed by atoms with Gasteiger partial charge in [0.1, 0.15) is 12.8 Å². The molecule has 1 aromatic heterocycles. The number of carboxylic acids is 1. The molecular weight excluding hydrogens is 353 g/mol. The van der Waals surface area contributed by atoms with Crippen LogP contribution in [-0.4, -0.2) is 31.2 Å². The van der Waals surface area contributed by atoms with Gasteiger partial charge < -0.3 is 14.4 Å². The van der Waals surface area contributed by atoms with E-state index in [1.54, 1.807) is 19.2 Å². The summed E-state index contributed by atoms with van der Waals surface area (Å²) in [5, 5.41) is 11.0. The first-order chi connectivity index (χ1) is 11.6. The van der Waals surface area contributed by atoms with Crippen LogP contribution < -0.4 is 9.30 Å². The van der Waals surface area contributed by atoms with Crippen molar-refractivity contribution in [3.63, 3.8) is 0 Å². The van der Waals surface area contributed by atoms with Crippen LogP contribution in [0.3, 0.4) is 0 Å². The minimum atomic E-state index is -5.42. The van der Waals surface area contributed by atoms with Crippen molar-refractivity contribution in [3.8, 4) is 5.75 Å². The van der Waals surface area contributed by atoms with E-state index in [0.717, 1.165) is 16.4 Å². The summed E-state index contributed by atoms with van der Waals surface area (Å²) in [5.41, 5.74) is 2.04. The van der Waals surface area contributed by atoms with Crippen LogP contribution in [0.25, 0.3) is 21.8 Å². The van der Waals surface area contributed by atoms with Crippen molar-refractivity contribution in [3.05, 3.63) is 48.0 Å². The molecule has 0 atom stereocenters. The lowest BCUT2D eigenvalue weighted by atomic mass is 10.0. The molecule has 7 nitrogen and oxygen atoms in total. The molecule has 9 heteroatoms. The number of methoxy groups -OCH3 is 1. The van der Waals surface area contributed by atoms with E-state index in [1.807, 2.05) is 41.9 Å². The smallest absolute Gasteiger partial charge is 0.337 e. The van der Waals surface area contributed by atoms with Gasteiger partial charge in [-0.05, 0) is 18.2 Å². The SMILES string of the molecule is COc1ccc2c(C(=O)O)c3ccccc3[n+](C)c2c1.O=S(=O)([O-])F. The number of carboxylic acid groups (broad SMARTS) is 1. The van der Waals surface area contributed by atoms with E-state index in [-0.39, 0.29) is 0 Å². The zero-order chi connectivity index (χ0) is 18.8. The molecule has 25 heavy (non-hydrogen) atoms. The van der Waals surface area contributed by atoms with E-state index in [0.29, 0.717) is 16.7 Å². The molecule has 1 N–H and O–H groups in total. The van der Waals surface area contributed by atoms with E-state index in [4.69, 9.17) is 17.7 Å². The number of fused-ring (bicyclic) bond motifs is 2. The van der Waals surface area contributed by atoms with Gasteiger partial charge in [0.05, 0.1) is 29.5 Å². The first kappa shape index (κ1) is 18.6. The van der Waals surface area contributed by atoms with E-state index in [1.165, 1.54) is 0 Å². The highest BCUT2D eigenvalue weighted by Gasteiger charge is 2.22. The van der Waals surface area contributed by atoms with Crippen molar-refractivity contribution in [2.24, 2.45) is 7.05 Å². The van der Waals surface area contributed by atoms with Gasteiger partial charge in [0, 0.05) is 6.07 Å². The Labute approximate surface area is 142 Å². The molecule has 0 saturated carbocycles. The number of ether oxygens (including phenoxy) is 1. The first-order valence-corrected chi connectivity index (χ1v) is 8.21. The Morgan fingerprint density at radius 3 is 2.28 bits per heavy atom. The van der Waals surface area contributed by atoms with Gasteiger partial charge in [-0.25, -0.2) is 13.2 Å². The molecule has 2 aromatic carbocycles. The normalized spacial score (nSPS) is 11.0. The van der Waals surface area contributed by atoms with Crippen molar-refractivity contribution in [1.82, 2.24) is 0 Å². The Bertz CT molecular complexity index is 1060. The summed E-state index contributed by atoms with van der Waals surface area (Å²) >= 11 is 0. The van der Waals surface area contributed by atoms with Gasteiger partial charge >= 0.3 is 5.97 Å². The zero-order valence-electron chi connectivity index (χ0n) is 13.3. The minimum absolute atomic E-state index is 0.330. The summed E-state index contributed by atoms with van der Waals surface area (Å²) in [7, 11) is -1.89. The highest BCUT2D eigenvalue weighted by molar-refractivity contribution is 7.80. The van der Waals surface area contributed by atoms with Gasteiger partial charge in [-0.2, -0.15) is 4.57 Å². The zero-order valence-corrected chi connectivity index (χ0v) is 14.1. The average Bonchev–Trinajstić information content (AvgIpc) is 2.53. The maximum absolute atomic E-state index is 11.7. The molecule has 0 radical (unpaired) electrons. The summed E-state index contributed by atoms with van der Waals surface area (Å²) in [5.74, 6) is -0.211. The van der Waals surface area contributed by atoms with Crippen LogP contribution in [0, 0.1) is 0 Å². The number of hydrogen-bond acceptors (Lipinski definition) is 5. The van der Waals surface area contributed by atoms with E-state index < -0.39 is 16.5 Å².